The van der Waals surface area contributed by atoms with Crippen LogP contribution in [0.2, 0.25) is 0 Å². The SMILES string of the molecule is O=C(CCC(=O)N1CCNCC1c1cccc(F)c1)c1ccc(F)cc1. The van der Waals surface area contributed by atoms with Crippen molar-refractivity contribution in [2.45, 2.75) is 18.9 Å². The molecule has 1 aliphatic heterocycles. The zero-order valence-electron chi connectivity index (χ0n) is 14.3. The highest BCUT2D eigenvalue weighted by Gasteiger charge is 2.28. The van der Waals surface area contributed by atoms with Gasteiger partial charge in [-0.2, -0.15) is 0 Å². The fraction of sp³-hybridized carbons (Fsp3) is 0.300. The quantitative estimate of drug-likeness (QED) is 0.836. The largest absolute Gasteiger partial charge is 0.333 e. The van der Waals surface area contributed by atoms with Crippen molar-refractivity contribution in [2.24, 2.45) is 0 Å². The molecule has 0 radical (unpaired) electrons. The molecule has 4 nitrogen and oxygen atoms in total. The molecular weight excluding hydrogens is 338 g/mol. The number of Topliss-reactive ketones (excluding diaryl/α,β-unsaturated/α-hetero) is 1. The lowest BCUT2D eigenvalue weighted by molar-refractivity contribution is -0.134. The second-order valence-electron chi connectivity index (χ2n) is 6.29. The van der Waals surface area contributed by atoms with E-state index >= 15 is 0 Å². The molecule has 1 fully saturated rings. The molecule has 0 aliphatic carbocycles. The maximum atomic E-state index is 13.5. The third-order valence-electron chi connectivity index (χ3n) is 4.53. The number of benzene rings is 2. The van der Waals surface area contributed by atoms with Crippen molar-refractivity contribution in [3.63, 3.8) is 0 Å². The van der Waals surface area contributed by atoms with Crippen molar-refractivity contribution in [1.29, 1.82) is 0 Å². The van der Waals surface area contributed by atoms with Crippen LogP contribution in [-0.4, -0.2) is 36.2 Å². The maximum absolute atomic E-state index is 13.5. The van der Waals surface area contributed by atoms with E-state index < -0.39 is 5.82 Å². The number of nitrogens with one attached hydrogen (secondary N) is 1. The van der Waals surface area contributed by atoms with Crippen LogP contribution in [0.15, 0.2) is 48.5 Å². The summed E-state index contributed by atoms with van der Waals surface area (Å²) >= 11 is 0. The molecule has 1 saturated heterocycles. The average molecular weight is 358 g/mol. The van der Waals surface area contributed by atoms with E-state index in [2.05, 4.69) is 5.32 Å². The summed E-state index contributed by atoms with van der Waals surface area (Å²) in [6.07, 6.45) is 0.131. The van der Waals surface area contributed by atoms with Crippen LogP contribution in [0.1, 0.15) is 34.8 Å². The Morgan fingerprint density at radius 1 is 1.04 bits per heavy atom. The first kappa shape index (κ1) is 18.2. The second kappa shape index (κ2) is 8.19. The van der Waals surface area contributed by atoms with E-state index in [1.54, 1.807) is 17.0 Å². The number of ketones is 1. The summed E-state index contributed by atoms with van der Waals surface area (Å²) in [5.41, 5.74) is 1.12. The van der Waals surface area contributed by atoms with Crippen LogP contribution in [0, 0.1) is 11.6 Å². The second-order valence-corrected chi connectivity index (χ2v) is 6.29. The first-order chi connectivity index (χ1) is 12.5. The van der Waals surface area contributed by atoms with Gasteiger partial charge in [0.15, 0.2) is 5.78 Å². The molecule has 1 atom stereocenters. The Balaban J connectivity index is 1.65. The Bertz CT molecular complexity index is 793. The number of halogens is 2. The van der Waals surface area contributed by atoms with Gasteiger partial charge in [-0.15, -0.1) is 0 Å². The van der Waals surface area contributed by atoms with E-state index in [4.69, 9.17) is 0 Å². The van der Waals surface area contributed by atoms with Crippen molar-refractivity contribution in [3.8, 4) is 0 Å². The van der Waals surface area contributed by atoms with Gasteiger partial charge in [0.2, 0.25) is 5.91 Å². The maximum Gasteiger partial charge on any atom is 0.223 e. The molecule has 6 heteroatoms. The minimum atomic E-state index is -0.406. The molecule has 1 unspecified atom stereocenters. The predicted octanol–water partition coefficient (Wildman–Crippen LogP) is 3.10. The van der Waals surface area contributed by atoms with Gasteiger partial charge in [-0.1, -0.05) is 12.1 Å². The van der Waals surface area contributed by atoms with Gasteiger partial charge in [0.1, 0.15) is 11.6 Å². The first-order valence-electron chi connectivity index (χ1n) is 8.59. The number of piperazine rings is 1. The topological polar surface area (TPSA) is 49.4 Å². The lowest BCUT2D eigenvalue weighted by Gasteiger charge is -2.36. The summed E-state index contributed by atoms with van der Waals surface area (Å²) in [5.74, 6) is -1.09. The Labute approximate surface area is 150 Å². The van der Waals surface area contributed by atoms with E-state index in [-0.39, 0.29) is 36.4 Å². The van der Waals surface area contributed by atoms with E-state index in [0.29, 0.717) is 25.2 Å². The lowest BCUT2D eigenvalue weighted by atomic mass is 10.0. The molecule has 0 saturated carbocycles. The third kappa shape index (κ3) is 4.32. The van der Waals surface area contributed by atoms with Gasteiger partial charge in [-0.25, -0.2) is 8.78 Å². The van der Waals surface area contributed by atoms with Gasteiger partial charge in [0.25, 0.3) is 0 Å². The van der Waals surface area contributed by atoms with Crippen LogP contribution in [-0.2, 0) is 4.79 Å². The van der Waals surface area contributed by atoms with E-state index in [1.165, 1.54) is 36.4 Å². The standard InChI is InChI=1S/C20H20F2N2O2/c21-16-6-4-14(5-7-16)19(25)8-9-20(26)24-11-10-23-13-18(24)15-2-1-3-17(22)12-15/h1-7,12,18,23H,8-11,13H2. The number of hydrogen-bond acceptors (Lipinski definition) is 3. The highest BCUT2D eigenvalue weighted by molar-refractivity contribution is 5.97. The molecule has 2 aromatic rings. The first-order valence-corrected chi connectivity index (χ1v) is 8.59. The third-order valence-corrected chi connectivity index (χ3v) is 4.53. The molecule has 26 heavy (non-hydrogen) atoms. The van der Waals surface area contributed by atoms with Gasteiger partial charge >= 0.3 is 0 Å². The Hall–Kier alpha value is -2.60. The molecular formula is C20H20F2N2O2. The van der Waals surface area contributed by atoms with Gasteiger partial charge in [0.05, 0.1) is 6.04 Å². The molecule has 1 N–H and O–H groups in total. The minimum Gasteiger partial charge on any atom is -0.333 e. The highest BCUT2D eigenvalue weighted by Crippen LogP contribution is 2.24. The van der Waals surface area contributed by atoms with Crippen molar-refractivity contribution in [3.05, 3.63) is 71.3 Å². The van der Waals surface area contributed by atoms with Crippen molar-refractivity contribution < 1.29 is 18.4 Å². The zero-order chi connectivity index (χ0) is 18.5. The fourth-order valence-electron chi connectivity index (χ4n) is 3.16. The van der Waals surface area contributed by atoms with Gasteiger partial charge in [0, 0.05) is 38.0 Å². The summed E-state index contributed by atoms with van der Waals surface area (Å²) in [4.78, 5) is 26.5. The smallest absolute Gasteiger partial charge is 0.223 e. The van der Waals surface area contributed by atoms with E-state index in [0.717, 1.165) is 5.56 Å². The molecule has 1 aliphatic rings. The van der Waals surface area contributed by atoms with Crippen LogP contribution in [0.25, 0.3) is 0 Å². The molecule has 1 amide bonds. The van der Waals surface area contributed by atoms with Crippen LogP contribution in [0.5, 0.6) is 0 Å². The molecule has 0 spiro atoms. The summed E-state index contributed by atoms with van der Waals surface area (Å²) in [5, 5.41) is 3.21. The molecule has 136 valence electrons. The monoisotopic (exact) mass is 358 g/mol. The number of amides is 1. The minimum absolute atomic E-state index is 0.0598. The molecule has 1 heterocycles. The summed E-state index contributed by atoms with van der Waals surface area (Å²) in [6, 6.07) is 11.3. The molecule has 0 aromatic heterocycles. The number of nitrogens with zero attached hydrogens (tertiary/aromatic N) is 1. The van der Waals surface area contributed by atoms with Crippen LogP contribution >= 0.6 is 0 Å². The lowest BCUT2D eigenvalue weighted by Crippen LogP contribution is -2.48. The normalized spacial score (nSPS) is 17.2. The van der Waals surface area contributed by atoms with Crippen molar-refractivity contribution in [2.75, 3.05) is 19.6 Å². The summed E-state index contributed by atoms with van der Waals surface area (Å²) in [7, 11) is 0. The van der Waals surface area contributed by atoms with E-state index in [9.17, 15) is 18.4 Å². The van der Waals surface area contributed by atoms with Crippen molar-refractivity contribution >= 4 is 11.7 Å². The zero-order valence-corrected chi connectivity index (χ0v) is 14.3. The van der Waals surface area contributed by atoms with Crippen LogP contribution in [0.3, 0.4) is 0 Å². The van der Waals surface area contributed by atoms with Crippen molar-refractivity contribution in [1.82, 2.24) is 10.2 Å². The predicted molar refractivity (Wildman–Crippen MR) is 93.7 cm³/mol. The van der Waals surface area contributed by atoms with Gasteiger partial charge in [-0.3, -0.25) is 9.59 Å². The van der Waals surface area contributed by atoms with E-state index in [1.807, 2.05) is 0 Å². The van der Waals surface area contributed by atoms with Gasteiger partial charge < -0.3 is 10.2 Å². The number of rotatable bonds is 5. The van der Waals surface area contributed by atoms with Gasteiger partial charge in [-0.05, 0) is 42.0 Å². The summed E-state index contributed by atoms with van der Waals surface area (Å²) in [6.45, 7) is 1.70. The Morgan fingerprint density at radius 2 is 1.81 bits per heavy atom. The number of carbonyl (C=O) groups is 2. The fourth-order valence-corrected chi connectivity index (χ4v) is 3.16. The van der Waals surface area contributed by atoms with Crippen LogP contribution < -0.4 is 5.32 Å². The molecule has 3 rings (SSSR count). The molecule has 0 bridgehead atoms. The number of carbonyl (C=O) groups excluding carboxylic acids is 2. The van der Waals surface area contributed by atoms with Crippen LogP contribution in [0.4, 0.5) is 8.78 Å². The Morgan fingerprint density at radius 3 is 2.54 bits per heavy atom. The summed E-state index contributed by atoms with van der Waals surface area (Å²) < 4.78 is 26.5. The highest BCUT2D eigenvalue weighted by atomic mass is 19.1. The number of hydrogen-bond donors (Lipinski definition) is 1. The Kier molecular flexibility index (Phi) is 5.73. The molecule has 2 aromatic carbocycles. The average Bonchev–Trinajstić information content (AvgIpc) is 2.66.